The van der Waals surface area contributed by atoms with Crippen LogP contribution in [-0.2, 0) is 11.8 Å². The second kappa shape index (κ2) is 5.47. The first-order chi connectivity index (χ1) is 7.95. The van der Waals surface area contributed by atoms with E-state index in [4.69, 9.17) is 5.11 Å². The molecular weight excluding hydrogens is 222 g/mol. The smallest absolute Gasteiger partial charge is 0.323 e. The summed E-state index contributed by atoms with van der Waals surface area (Å²) in [7, 11) is 1.71. The lowest BCUT2D eigenvalue weighted by atomic mass is 10.2. The maximum atomic E-state index is 12.1. The van der Waals surface area contributed by atoms with Crippen LogP contribution in [-0.4, -0.2) is 44.3 Å². The van der Waals surface area contributed by atoms with Crippen LogP contribution in [0.5, 0.6) is 0 Å². The van der Waals surface area contributed by atoms with Crippen LogP contribution in [0.15, 0.2) is 12.4 Å². The fourth-order valence-electron chi connectivity index (χ4n) is 1.49. The minimum Gasteiger partial charge on any atom is -0.480 e. The largest absolute Gasteiger partial charge is 0.480 e. The molecule has 6 nitrogen and oxygen atoms in total. The number of rotatable bonds is 5. The summed E-state index contributed by atoms with van der Waals surface area (Å²) in [6.07, 6.45) is 3.73. The van der Waals surface area contributed by atoms with Gasteiger partial charge < -0.3 is 10.0 Å². The zero-order chi connectivity index (χ0) is 13.0. The molecule has 6 heteroatoms. The summed E-state index contributed by atoms with van der Waals surface area (Å²) >= 11 is 0. The van der Waals surface area contributed by atoms with Gasteiger partial charge >= 0.3 is 5.97 Å². The Morgan fingerprint density at radius 3 is 2.65 bits per heavy atom. The SMILES string of the molecule is CCC(C)N(CC(=O)O)C(=O)c1cnn(C)c1. The van der Waals surface area contributed by atoms with Gasteiger partial charge in [0.1, 0.15) is 6.54 Å². The van der Waals surface area contributed by atoms with E-state index in [0.29, 0.717) is 12.0 Å². The van der Waals surface area contributed by atoms with Crippen molar-refractivity contribution in [1.82, 2.24) is 14.7 Å². The van der Waals surface area contributed by atoms with E-state index in [1.807, 2.05) is 13.8 Å². The van der Waals surface area contributed by atoms with Gasteiger partial charge in [-0.25, -0.2) is 0 Å². The highest BCUT2D eigenvalue weighted by Gasteiger charge is 2.23. The van der Waals surface area contributed by atoms with Gasteiger partial charge in [-0.15, -0.1) is 0 Å². The van der Waals surface area contributed by atoms with Crippen molar-refractivity contribution in [3.8, 4) is 0 Å². The summed E-state index contributed by atoms with van der Waals surface area (Å²) in [4.78, 5) is 24.2. The molecule has 1 aromatic heterocycles. The molecule has 17 heavy (non-hydrogen) atoms. The average molecular weight is 239 g/mol. The van der Waals surface area contributed by atoms with E-state index < -0.39 is 5.97 Å². The number of carbonyl (C=O) groups excluding carboxylic acids is 1. The molecule has 1 amide bonds. The van der Waals surface area contributed by atoms with Gasteiger partial charge in [0.15, 0.2) is 0 Å². The van der Waals surface area contributed by atoms with Crippen LogP contribution in [0.3, 0.4) is 0 Å². The van der Waals surface area contributed by atoms with Crippen LogP contribution in [0.25, 0.3) is 0 Å². The fourth-order valence-corrected chi connectivity index (χ4v) is 1.49. The maximum absolute atomic E-state index is 12.1. The Labute approximate surface area is 99.8 Å². The van der Waals surface area contributed by atoms with Crippen molar-refractivity contribution in [3.63, 3.8) is 0 Å². The average Bonchev–Trinajstić information content (AvgIpc) is 2.70. The zero-order valence-corrected chi connectivity index (χ0v) is 10.3. The Morgan fingerprint density at radius 2 is 2.24 bits per heavy atom. The van der Waals surface area contributed by atoms with Gasteiger partial charge in [-0.1, -0.05) is 6.92 Å². The number of carbonyl (C=O) groups is 2. The van der Waals surface area contributed by atoms with E-state index in [9.17, 15) is 9.59 Å². The molecule has 1 aromatic rings. The summed E-state index contributed by atoms with van der Waals surface area (Å²) < 4.78 is 1.52. The molecular formula is C11H17N3O3. The normalized spacial score (nSPS) is 12.2. The number of amides is 1. The zero-order valence-electron chi connectivity index (χ0n) is 10.3. The Kier molecular flexibility index (Phi) is 4.25. The van der Waals surface area contributed by atoms with Crippen molar-refractivity contribution in [1.29, 1.82) is 0 Å². The van der Waals surface area contributed by atoms with E-state index in [-0.39, 0.29) is 18.5 Å². The van der Waals surface area contributed by atoms with E-state index in [0.717, 1.165) is 0 Å². The van der Waals surface area contributed by atoms with Crippen molar-refractivity contribution in [2.24, 2.45) is 7.05 Å². The summed E-state index contributed by atoms with van der Waals surface area (Å²) in [5, 5.41) is 12.7. The number of aryl methyl sites for hydroxylation is 1. The molecule has 0 aliphatic carbocycles. The second-order valence-corrected chi connectivity index (χ2v) is 3.99. The first-order valence-electron chi connectivity index (χ1n) is 5.47. The first-order valence-corrected chi connectivity index (χ1v) is 5.47. The van der Waals surface area contributed by atoms with Gasteiger partial charge in [-0.05, 0) is 13.3 Å². The predicted molar refractivity (Wildman–Crippen MR) is 61.6 cm³/mol. The Hall–Kier alpha value is -1.85. The van der Waals surface area contributed by atoms with Crippen LogP contribution in [0.2, 0.25) is 0 Å². The number of nitrogens with zero attached hydrogens (tertiary/aromatic N) is 3. The van der Waals surface area contributed by atoms with Crippen molar-refractivity contribution in [2.75, 3.05) is 6.54 Å². The van der Waals surface area contributed by atoms with Gasteiger partial charge in [0.2, 0.25) is 0 Å². The lowest BCUT2D eigenvalue weighted by Gasteiger charge is -2.26. The number of carboxylic acids is 1. The fraction of sp³-hybridized carbons (Fsp3) is 0.545. The van der Waals surface area contributed by atoms with Crippen LogP contribution in [0, 0.1) is 0 Å². The summed E-state index contributed by atoms with van der Waals surface area (Å²) in [6, 6.07) is -0.112. The van der Waals surface area contributed by atoms with Gasteiger partial charge in [-0.3, -0.25) is 14.3 Å². The molecule has 0 fully saturated rings. The first kappa shape index (κ1) is 13.2. The van der Waals surface area contributed by atoms with Gasteiger partial charge in [-0.2, -0.15) is 5.10 Å². The molecule has 0 saturated carbocycles. The number of carboxylic acid groups (broad SMARTS) is 1. The summed E-state index contributed by atoms with van der Waals surface area (Å²) in [6.45, 7) is 3.45. The molecule has 0 radical (unpaired) electrons. The highest BCUT2D eigenvalue weighted by Crippen LogP contribution is 2.09. The molecule has 0 aliphatic heterocycles. The standard InChI is InChI=1S/C11H17N3O3/c1-4-8(2)14(7-10(15)16)11(17)9-5-12-13(3)6-9/h5-6,8H,4,7H2,1-3H3,(H,15,16). The molecule has 94 valence electrons. The van der Waals surface area contributed by atoms with Crippen LogP contribution < -0.4 is 0 Å². The van der Waals surface area contributed by atoms with Crippen LogP contribution >= 0.6 is 0 Å². The van der Waals surface area contributed by atoms with E-state index in [2.05, 4.69) is 5.10 Å². The number of aliphatic carboxylic acids is 1. The molecule has 1 rings (SSSR count). The molecule has 1 N–H and O–H groups in total. The molecule has 0 saturated heterocycles. The Morgan fingerprint density at radius 1 is 1.59 bits per heavy atom. The van der Waals surface area contributed by atoms with Crippen molar-refractivity contribution >= 4 is 11.9 Å². The van der Waals surface area contributed by atoms with Crippen molar-refractivity contribution in [3.05, 3.63) is 18.0 Å². The van der Waals surface area contributed by atoms with Crippen LogP contribution in [0.1, 0.15) is 30.6 Å². The van der Waals surface area contributed by atoms with Crippen molar-refractivity contribution in [2.45, 2.75) is 26.3 Å². The molecule has 1 heterocycles. The van der Waals surface area contributed by atoms with Gasteiger partial charge in [0.05, 0.1) is 11.8 Å². The van der Waals surface area contributed by atoms with Crippen LogP contribution in [0.4, 0.5) is 0 Å². The number of aromatic nitrogens is 2. The molecule has 1 unspecified atom stereocenters. The molecule has 0 aromatic carbocycles. The molecule has 0 bridgehead atoms. The topological polar surface area (TPSA) is 75.4 Å². The maximum Gasteiger partial charge on any atom is 0.323 e. The highest BCUT2D eigenvalue weighted by molar-refractivity contribution is 5.95. The number of hydrogen-bond acceptors (Lipinski definition) is 3. The third kappa shape index (κ3) is 3.30. The Bertz CT molecular complexity index is 414. The lowest BCUT2D eigenvalue weighted by molar-refractivity contribution is -0.138. The van der Waals surface area contributed by atoms with Crippen molar-refractivity contribution < 1.29 is 14.7 Å². The molecule has 0 aliphatic rings. The second-order valence-electron chi connectivity index (χ2n) is 3.99. The molecule has 1 atom stereocenters. The van der Waals surface area contributed by atoms with E-state index >= 15 is 0 Å². The predicted octanol–water partition coefficient (Wildman–Crippen LogP) is 0.745. The Balaban J connectivity index is 2.89. The highest BCUT2D eigenvalue weighted by atomic mass is 16.4. The monoisotopic (exact) mass is 239 g/mol. The van der Waals surface area contributed by atoms with E-state index in [1.165, 1.54) is 15.8 Å². The minimum absolute atomic E-state index is 0.112. The summed E-state index contributed by atoms with van der Waals surface area (Å²) in [5.74, 6) is -1.31. The lowest BCUT2D eigenvalue weighted by Crippen LogP contribution is -2.41. The third-order valence-corrected chi connectivity index (χ3v) is 2.64. The number of hydrogen-bond donors (Lipinski definition) is 1. The molecule has 0 spiro atoms. The quantitative estimate of drug-likeness (QED) is 0.822. The summed E-state index contributed by atoms with van der Waals surface area (Å²) in [5.41, 5.74) is 0.411. The minimum atomic E-state index is -1.01. The van der Waals surface area contributed by atoms with Gasteiger partial charge in [0.25, 0.3) is 5.91 Å². The van der Waals surface area contributed by atoms with Gasteiger partial charge in [0, 0.05) is 19.3 Å². The van der Waals surface area contributed by atoms with E-state index in [1.54, 1.807) is 13.2 Å². The third-order valence-electron chi connectivity index (χ3n) is 2.64.